The van der Waals surface area contributed by atoms with Crippen molar-refractivity contribution in [3.8, 4) is 16.9 Å². The van der Waals surface area contributed by atoms with Crippen molar-refractivity contribution in [3.63, 3.8) is 0 Å². The summed E-state index contributed by atoms with van der Waals surface area (Å²) in [6, 6.07) is 6.36. The predicted molar refractivity (Wildman–Crippen MR) is 151 cm³/mol. The number of methoxy groups -OCH3 is 1. The molecule has 7 rings (SSSR count). The number of hydrogen-bond donors (Lipinski definition) is 2. The van der Waals surface area contributed by atoms with Crippen LogP contribution in [0.4, 0.5) is 11.6 Å². The van der Waals surface area contributed by atoms with Gasteiger partial charge >= 0.3 is 0 Å². The predicted octanol–water partition coefficient (Wildman–Crippen LogP) is 5.17. The second-order valence-electron chi connectivity index (χ2n) is 10.9. The monoisotopic (exact) mass is 540 g/mol. The Morgan fingerprint density at radius 3 is 2.65 bits per heavy atom. The third kappa shape index (κ3) is 3.90. The third-order valence-corrected chi connectivity index (χ3v) is 8.09. The van der Waals surface area contributed by atoms with Crippen LogP contribution in [0.25, 0.3) is 33.1 Å². The molecular formula is C29H32N8O3. The number of benzene rings is 1. The van der Waals surface area contributed by atoms with E-state index in [1.807, 2.05) is 36.4 Å². The Kier molecular flexibility index (Phi) is 5.58. The van der Waals surface area contributed by atoms with Crippen LogP contribution in [0.2, 0.25) is 0 Å². The average Bonchev–Trinajstić information content (AvgIpc) is 3.46. The number of carbonyl (C=O) groups excluding carboxylic acids is 1. The number of aromatic nitrogens is 6. The first-order chi connectivity index (χ1) is 19.3. The van der Waals surface area contributed by atoms with Gasteiger partial charge in [-0.2, -0.15) is 5.10 Å². The fourth-order valence-electron chi connectivity index (χ4n) is 5.70. The highest BCUT2D eigenvalue weighted by atomic mass is 16.5. The molecular weight excluding hydrogens is 508 g/mol. The molecule has 2 N–H and O–H groups in total. The van der Waals surface area contributed by atoms with Gasteiger partial charge in [-0.1, -0.05) is 12.1 Å². The van der Waals surface area contributed by atoms with Gasteiger partial charge in [-0.05, 0) is 38.8 Å². The normalized spacial score (nSPS) is 15.7. The zero-order chi connectivity index (χ0) is 27.7. The minimum Gasteiger partial charge on any atom is -0.496 e. The Labute approximate surface area is 230 Å². The maximum absolute atomic E-state index is 11.8. The van der Waals surface area contributed by atoms with Crippen molar-refractivity contribution in [2.45, 2.75) is 58.9 Å². The van der Waals surface area contributed by atoms with E-state index in [9.17, 15) is 4.79 Å². The number of amides is 1. The van der Waals surface area contributed by atoms with Crippen LogP contribution in [-0.2, 0) is 11.2 Å². The molecule has 1 amide bonds. The minimum absolute atomic E-state index is 0.0918. The molecule has 0 radical (unpaired) electrons. The topological polar surface area (TPSA) is 127 Å². The molecule has 1 saturated heterocycles. The molecule has 0 spiro atoms. The number of ether oxygens (including phenoxy) is 1. The Morgan fingerprint density at radius 2 is 2.00 bits per heavy atom. The Balaban J connectivity index is 1.36. The number of likely N-dealkylation sites (tertiary alicyclic amines) is 1. The van der Waals surface area contributed by atoms with Gasteiger partial charge < -0.3 is 24.5 Å². The number of nitrogens with zero attached hydrogens (tertiary/aromatic N) is 6. The molecule has 206 valence electrons. The molecule has 1 saturated carbocycles. The van der Waals surface area contributed by atoms with E-state index in [1.165, 1.54) is 0 Å². The Morgan fingerprint density at radius 1 is 1.20 bits per heavy atom. The third-order valence-electron chi connectivity index (χ3n) is 8.09. The van der Waals surface area contributed by atoms with Crippen LogP contribution in [0, 0.1) is 13.8 Å². The van der Waals surface area contributed by atoms with Crippen LogP contribution < -0.4 is 10.1 Å². The van der Waals surface area contributed by atoms with Crippen LogP contribution in [0.5, 0.6) is 5.75 Å². The number of aromatic amines is 1. The van der Waals surface area contributed by atoms with Crippen LogP contribution in [-0.4, -0.2) is 60.9 Å². The van der Waals surface area contributed by atoms with Crippen molar-refractivity contribution < 1.29 is 14.1 Å². The Bertz CT molecular complexity index is 1770. The molecule has 40 heavy (non-hydrogen) atoms. The number of carbonyl (C=O) groups is 1. The van der Waals surface area contributed by atoms with Gasteiger partial charge in [-0.3, -0.25) is 4.79 Å². The fraction of sp³-hybridized carbons (Fsp3) is 0.414. The van der Waals surface area contributed by atoms with Crippen LogP contribution in [0.15, 0.2) is 22.7 Å². The smallest absolute Gasteiger partial charge is 0.219 e. The lowest BCUT2D eigenvalue weighted by molar-refractivity contribution is -0.134. The lowest BCUT2D eigenvalue weighted by atomic mass is 10.0. The number of hydrogen-bond acceptors (Lipinski definition) is 8. The summed E-state index contributed by atoms with van der Waals surface area (Å²) in [6.07, 6.45) is 3.01. The van der Waals surface area contributed by atoms with E-state index >= 15 is 0 Å². The van der Waals surface area contributed by atoms with E-state index in [1.54, 1.807) is 14.0 Å². The van der Waals surface area contributed by atoms with Gasteiger partial charge in [-0.15, -0.1) is 0 Å². The highest BCUT2D eigenvalue weighted by Crippen LogP contribution is 2.43. The number of fused-ring (bicyclic) bond motifs is 3. The molecule has 2 fully saturated rings. The van der Waals surface area contributed by atoms with Crippen molar-refractivity contribution in [3.05, 3.63) is 41.2 Å². The summed E-state index contributed by atoms with van der Waals surface area (Å²) in [4.78, 5) is 27.0. The summed E-state index contributed by atoms with van der Waals surface area (Å²) in [5.41, 5.74) is 5.40. The second-order valence-corrected chi connectivity index (χ2v) is 10.9. The van der Waals surface area contributed by atoms with E-state index < -0.39 is 0 Å². The van der Waals surface area contributed by atoms with Gasteiger partial charge in [0.05, 0.1) is 35.5 Å². The van der Waals surface area contributed by atoms with Crippen LogP contribution in [0.3, 0.4) is 0 Å². The molecule has 11 heteroatoms. The summed E-state index contributed by atoms with van der Waals surface area (Å²) in [6.45, 7) is 8.81. The lowest BCUT2D eigenvalue weighted by Gasteiger charge is -2.39. The van der Waals surface area contributed by atoms with E-state index in [0.717, 1.165) is 74.7 Å². The SMILES string of the molecule is CCc1nc(Nc2cc(C3CC3)nn2C2CN(C(C)=O)C2)c2c(n1)[nH]c1cc(-c3c(C)noc3C)c(OC)cc12. The summed E-state index contributed by atoms with van der Waals surface area (Å²) in [7, 11) is 1.67. The largest absolute Gasteiger partial charge is 0.496 e. The quantitative estimate of drug-likeness (QED) is 0.289. The molecule has 4 aromatic heterocycles. The minimum atomic E-state index is 0.0918. The number of aryl methyl sites for hydroxylation is 3. The number of H-pyrrole nitrogens is 1. The Hall–Kier alpha value is -4.41. The molecule has 0 unspecified atom stereocenters. The van der Waals surface area contributed by atoms with Crippen LogP contribution >= 0.6 is 0 Å². The fourth-order valence-corrected chi connectivity index (χ4v) is 5.70. The number of anilines is 2. The number of rotatable bonds is 7. The van der Waals surface area contributed by atoms with Crippen molar-refractivity contribution >= 4 is 39.5 Å². The first kappa shape index (κ1) is 24.6. The average molecular weight is 541 g/mol. The molecule has 1 aromatic carbocycles. The van der Waals surface area contributed by atoms with Crippen LogP contribution in [0.1, 0.15) is 61.6 Å². The van der Waals surface area contributed by atoms with Gasteiger partial charge in [0.2, 0.25) is 5.91 Å². The molecule has 2 aliphatic rings. The molecule has 1 aliphatic carbocycles. The van der Waals surface area contributed by atoms with E-state index in [0.29, 0.717) is 37.0 Å². The standard InChI is InChI=1S/C29H32N8O3/c1-6-24-31-28-27(19-10-23(39-5)20(9-22(19)30-28)26-14(2)35-40-15(26)3)29(32-24)33-25-11-21(17-7-8-17)34-37(25)18-12-36(13-18)16(4)38/h9-11,17-18H,6-8,12-13H2,1-5H3,(H2,30,31,32,33). The summed E-state index contributed by atoms with van der Waals surface area (Å²) >= 11 is 0. The zero-order valence-electron chi connectivity index (χ0n) is 23.3. The molecule has 11 nitrogen and oxygen atoms in total. The van der Waals surface area contributed by atoms with Gasteiger partial charge in [0.25, 0.3) is 0 Å². The molecule has 0 bridgehead atoms. The highest BCUT2D eigenvalue weighted by molar-refractivity contribution is 6.13. The number of nitrogens with one attached hydrogen (secondary N) is 2. The molecule has 1 aliphatic heterocycles. The van der Waals surface area contributed by atoms with Crippen molar-refractivity contribution in [2.75, 3.05) is 25.5 Å². The second kappa shape index (κ2) is 9.07. The van der Waals surface area contributed by atoms with Crippen molar-refractivity contribution in [1.29, 1.82) is 0 Å². The van der Waals surface area contributed by atoms with E-state index in [4.69, 9.17) is 24.3 Å². The van der Waals surface area contributed by atoms with Gasteiger partial charge in [0.1, 0.15) is 34.6 Å². The first-order valence-corrected chi connectivity index (χ1v) is 13.8. The van der Waals surface area contributed by atoms with Crippen molar-refractivity contribution in [2.24, 2.45) is 0 Å². The molecule has 5 heterocycles. The first-order valence-electron chi connectivity index (χ1n) is 13.8. The summed E-state index contributed by atoms with van der Waals surface area (Å²) in [5, 5.41) is 14.6. The molecule has 0 atom stereocenters. The zero-order valence-corrected chi connectivity index (χ0v) is 23.3. The lowest BCUT2D eigenvalue weighted by Crippen LogP contribution is -2.50. The van der Waals surface area contributed by atoms with Crippen molar-refractivity contribution in [1.82, 2.24) is 34.8 Å². The summed E-state index contributed by atoms with van der Waals surface area (Å²) < 4.78 is 13.3. The maximum atomic E-state index is 11.8. The van der Waals surface area contributed by atoms with E-state index in [-0.39, 0.29) is 11.9 Å². The maximum Gasteiger partial charge on any atom is 0.219 e. The van der Waals surface area contributed by atoms with Gasteiger partial charge in [0.15, 0.2) is 0 Å². The van der Waals surface area contributed by atoms with Gasteiger partial charge in [-0.25, -0.2) is 14.6 Å². The summed E-state index contributed by atoms with van der Waals surface area (Å²) in [5.74, 6) is 4.38. The molecule has 5 aromatic rings. The highest BCUT2D eigenvalue weighted by Gasteiger charge is 2.35. The van der Waals surface area contributed by atoms with E-state index in [2.05, 4.69) is 27.6 Å². The van der Waals surface area contributed by atoms with Gasteiger partial charge in [0, 0.05) is 54.9 Å².